The first-order valence-electron chi connectivity index (χ1n) is 8.82. The Hall–Kier alpha value is -2.04. The average molecular weight is 324 g/mol. The topological polar surface area (TPSA) is 44.7 Å². The summed E-state index contributed by atoms with van der Waals surface area (Å²) in [6.45, 7) is 5.58. The van der Waals surface area contributed by atoms with Gasteiger partial charge < -0.3 is 20.1 Å². The van der Waals surface area contributed by atoms with Crippen molar-refractivity contribution >= 4 is 0 Å². The Morgan fingerprint density at radius 2 is 2.00 bits per heavy atom. The van der Waals surface area contributed by atoms with Crippen LogP contribution < -0.4 is 10.1 Å². The zero-order chi connectivity index (χ0) is 16.5. The molecular weight excluding hydrogens is 300 g/mol. The molecule has 2 aromatic rings. The van der Waals surface area contributed by atoms with Crippen LogP contribution in [-0.4, -0.2) is 35.7 Å². The van der Waals surface area contributed by atoms with Crippen LogP contribution in [0.25, 0.3) is 0 Å². The molecule has 24 heavy (non-hydrogen) atoms. The van der Waals surface area contributed by atoms with Gasteiger partial charge in [0, 0.05) is 23.7 Å². The highest BCUT2D eigenvalue weighted by Crippen LogP contribution is 2.44. The van der Waals surface area contributed by atoms with Gasteiger partial charge in [0.15, 0.2) is 0 Å². The fraction of sp³-hybridized carbons (Fsp3) is 0.400. The van der Waals surface area contributed by atoms with Crippen LogP contribution in [0.4, 0.5) is 0 Å². The smallest absolute Gasteiger partial charge is 0.132 e. The molecule has 4 nitrogen and oxygen atoms in total. The number of para-hydroxylation sites is 1. The van der Waals surface area contributed by atoms with Gasteiger partial charge in [-0.2, -0.15) is 0 Å². The van der Waals surface area contributed by atoms with Crippen LogP contribution in [-0.2, 0) is 0 Å². The lowest BCUT2D eigenvalue weighted by Gasteiger charge is -2.37. The van der Waals surface area contributed by atoms with E-state index in [1.807, 2.05) is 30.3 Å². The number of nitrogens with one attached hydrogen (secondary N) is 1. The molecule has 126 valence electrons. The summed E-state index contributed by atoms with van der Waals surface area (Å²) in [6.07, 6.45) is 2.41. The zero-order valence-corrected chi connectivity index (χ0v) is 14.0. The summed E-state index contributed by atoms with van der Waals surface area (Å²) in [5, 5.41) is 13.8. The number of likely N-dealkylation sites (tertiary alicyclic amines) is 1. The number of likely N-dealkylation sites (N-methyl/N-ethyl adjacent to an activating group) is 1. The van der Waals surface area contributed by atoms with Gasteiger partial charge in [0.2, 0.25) is 0 Å². The maximum absolute atomic E-state index is 9.95. The number of hydrogen-bond acceptors (Lipinski definition) is 4. The number of phenols is 1. The predicted octanol–water partition coefficient (Wildman–Crippen LogP) is 3.66. The van der Waals surface area contributed by atoms with E-state index in [0.717, 1.165) is 35.7 Å². The molecule has 2 unspecified atom stereocenters. The molecule has 0 aliphatic carbocycles. The van der Waals surface area contributed by atoms with Crippen molar-refractivity contribution in [2.45, 2.75) is 31.8 Å². The largest absolute Gasteiger partial charge is 0.508 e. The maximum atomic E-state index is 9.95. The maximum Gasteiger partial charge on any atom is 0.132 e. The van der Waals surface area contributed by atoms with Crippen molar-refractivity contribution in [2.75, 3.05) is 19.6 Å². The van der Waals surface area contributed by atoms with Crippen LogP contribution in [0, 0.1) is 0 Å². The Bertz CT molecular complexity index is 731. The fourth-order valence-electron chi connectivity index (χ4n) is 3.85. The first kappa shape index (κ1) is 15.5. The molecule has 2 aliphatic heterocycles. The molecule has 0 aromatic heterocycles. The number of fused-ring (bicyclic) bond motifs is 2. The van der Waals surface area contributed by atoms with Crippen molar-refractivity contribution in [3.63, 3.8) is 0 Å². The van der Waals surface area contributed by atoms with Crippen LogP contribution >= 0.6 is 0 Å². The van der Waals surface area contributed by atoms with Crippen molar-refractivity contribution in [1.82, 2.24) is 10.2 Å². The molecule has 0 radical (unpaired) electrons. The zero-order valence-electron chi connectivity index (χ0n) is 14.0. The second kappa shape index (κ2) is 6.46. The normalized spacial score (nSPS) is 23.2. The SMILES string of the molecule is CCN1CCCC(NC2c3ccccc3Oc3ccc(O)cc32)C1. The van der Waals surface area contributed by atoms with Gasteiger partial charge in [-0.25, -0.2) is 0 Å². The van der Waals surface area contributed by atoms with Gasteiger partial charge >= 0.3 is 0 Å². The van der Waals surface area contributed by atoms with Crippen molar-refractivity contribution < 1.29 is 9.84 Å². The molecule has 0 saturated carbocycles. The van der Waals surface area contributed by atoms with E-state index in [4.69, 9.17) is 4.74 Å². The molecule has 0 bridgehead atoms. The average Bonchev–Trinajstić information content (AvgIpc) is 2.62. The third-order valence-electron chi connectivity index (χ3n) is 5.11. The van der Waals surface area contributed by atoms with Gasteiger partial charge in [-0.05, 0) is 50.2 Å². The summed E-state index contributed by atoms with van der Waals surface area (Å²) in [6, 6.07) is 14.0. The summed E-state index contributed by atoms with van der Waals surface area (Å²) in [5.41, 5.74) is 2.16. The number of aromatic hydroxyl groups is 1. The number of phenolic OH excluding ortho intramolecular Hbond substituents is 1. The molecule has 1 saturated heterocycles. The van der Waals surface area contributed by atoms with Crippen molar-refractivity contribution in [3.05, 3.63) is 53.6 Å². The molecule has 2 aliphatic rings. The van der Waals surface area contributed by atoms with Crippen LogP contribution in [0.2, 0.25) is 0 Å². The first-order valence-corrected chi connectivity index (χ1v) is 8.82. The quantitative estimate of drug-likeness (QED) is 0.904. The van der Waals surface area contributed by atoms with Crippen molar-refractivity contribution in [2.24, 2.45) is 0 Å². The molecule has 2 aromatic carbocycles. The van der Waals surface area contributed by atoms with E-state index in [9.17, 15) is 5.11 Å². The Kier molecular flexibility index (Phi) is 4.17. The Balaban J connectivity index is 1.67. The molecule has 0 amide bonds. The fourth-order valence-corrected chi connectivity index (χ4v) is 3.85. The van der Waals surface area contributed by atoms with Crippen LogP contribution in [0.5, 0.6) is 17.2 Å². The summed E-state index contributed by atoms with van der Waals surface area (Å²) in [5.74, 6) is 2.01. The summed E-state index contributed by atoms with van der Waals surface area (Å²) >= 11 is 0. The minimum absolute atomic E-state index is 0.0545. The first-order chi connectivity index (χ1) is 11.7. The van der Waals surface area contributed by atoms with Gasteiger partial charge in [-0.1, -0.05) is 25.1 Å². The summed E-state index contributed by atoms with van der Waals surface area (Å²) < 4.78 is 6.03. The van der Waals surface area contributed by atoms with Crippen molar-refractivity contribution in [3.8, 4) is 17.2 Å². The number of hydrogen-bond donors (Lipinski definition) is 2. The predicted molar refractivity (Wildman–Crippen MR) is 94.7 cm³/mol. The van der Waals surface area contributed by atoms with Gasteiger partial charge in [-0.15, -0.1) is 0 Å². The van der Waals surface area contributed by atoms with Gasteiger partial charge in [0.1, 0.15) is 17.2 Å². The number of rotatable bonds is 3. The molecule has 2 N–H and O–H groups in total. The monoisotopic (exact) mass is 324 g/mol. The minimum Gasteiger partial charge on any atom is -0.508 e. The highest BCUT2D eigenvalue weighted by atomic mass is 16.5. The Morgan fingerprint density at radius 3 is 2.88 bits per heavy atom. The van der Waals surface area contributed by atoms with E-state index in [0.29, 0.717) is 6.04 Å². The van der Waals surface area contributed by atoms with Gasteiger partial charge in [-0.3, -0.25) is 0 Å². The standard InChI is InChI=1S/C20H24N2O2/c1-2-22-11-5-6-14(13-22)21-20-16-7-3-4-8-18(16)24-19-10-9-15(23)12-17(19)20/h3-4,7-10,12,14,20-21,23H,2,5-6,11,13H2,1H3. The molecule has 1 fully saturated rings. The van der Waals surface area contributed by atoms with E-state index in [1.165, 1.54) is 19.4 Å². The molecule has 0 spiro atoms. The third-order valence-corrected chi connectivity index (χ3v) is 5.11. The lowest BCUT2D eigenvalue weighted by molar-refractivity contribution is 0.192. The van der Waals surface area contributed by atoms with Gasteiger partial charge in [0.25, 0.3) is 0 Å². The summed E-state index contributed by atoms with van der Waals surface area (Å²) in [7, 11) is 0. The summed E-state index contributed by atoms with van der Waals surface area (Å²) in [4.78, 5) is 2.50. The van der Waals surface area contributed by atoms with E-state index in [1.54, 1.807) is 6.07 Å². The van der Waals surface area contributed by atoms with Gasteiger partial charge in [0.05, 0.1) is 6.04 Å². The number of piperidine rings is 1. The van der Waals surface area contributed by atoms with Crippen LogP contribution in [0.15, 0.2) is 42.5 Å². The van der Waals surface area contributed by atoms with Crippen molar-refractivity contribution in [1.29, 1.82) is 0 Å². The van der Waals surface area contributed by atoms with E-state index >= 15 is 0 Å². The third kappa shape index (κ3) is 2.87. The van der Waals surface area contributed by atoms with E-state index in [-0.39, 0.29) is 11.8 Å². The minimum atomic E-state index is 0.0545. The lowest BCUT2D eigenvalue weighted by Crippen LogP contribution is -2.47. The van der Waals surface area contributed by atoms with E-state index < -0.39 is 0 Å². The van der Waals surface area contributed by atoms with Crippen LogP contribution in [0.1, 0.15) is 36.9 Å². The van der Waals surface area contributed by atoms with Crippen LogP contribution in [0.3, 0.4) is 0 Å². The molecule has 4 heteroatoms. The molecular formula is C20H24N2O2. The Labute approximate surface area is 143 Å². The highest BCUT2D eigenvalue weighted by molar-refractivity contribution is 5.54. The lowest BCUT2D eigenvalue weighted by atomic mass is 9.92. The number of nitrogens with zero attached hydrogens (tertiary/aromatic N) is 1. The second-order valence-electron chi connectivity index (χ2n) is 6.69. The highest BCUT2D eigenvalue weighted by Gasteiger charge is 2.30. The second-order valence-corrected chi connectivity index (χ2v) is 6.69. The number of ether oxygens (including phenoxy) is 1. The molecule has 2 atom stereocenters. The molecule has 2 heterocycles. The molecule has 4 rings (SSSR count). The van der Waals surface area contributed by atoms with E-state index in [2.05, 4.69) is 23.2 Å². The number of benzene rings is 2. The Morgan fingerprint density at radius 1 is 1.17 bits per heavy atom.